The van der Waals surface area contributed by atoms with E-state index in [1.54, 1.807) is 4.90 Å². The molecule has 0 spiro atoms. The van der Waals surface area contributed by atoms with Crippen molar-refractivity contribution in [3.05, 3.63) is 51.4 Å². The van der Waals surface area contributed by atoms with Crippen LogP contribution in [0.2, 0.25) is 0 Å². The van der Waals surface area contributed by atoms with E-state index in [4.69, 9.17) is 4.74 Å². The molecule has 4 rings (SSSR count). The zero-order chi connectivity index (χ0) is 19.0. The van der Waals surface area contributed by atoms with Crippen molar-refractivity contribution in [1.29, 1.82) is 0 Å². The Balaban J connectivity index is 1.63. The van der Waals surface area contributed by atoms with E-state index in [0.717, 1.165) is 35.9 Å². The van der Waals surface area contributed by atoms with Gasteiger partial charge in [0.1, 0.15) is 5.56 Å². The summed E-state index contributed by atoms with van der Waals surface area (Å²) in [7, 11) is 0. The van der Waals surface area contributed by atoms with Crippen LogP contribution >= 0.6 is 0 Å². The summed E-state index contributed by atoms with van der Waals surface area (Å²) in [6.07, 6.45) is -1.89. The monoisotopic (exact) mass is 380 g/mol. The highest BCUT2D eigenvalue weighted by atomic mass is 19.4. The molecular formula is C18H19F3N4O2. The molecule has 9 heteroatoms. The molecule has 0 aliphatic carbocycles. The summed E-state index contributed by atoms with van der Waals surface area (Å²) in [6, 6.07) is 6.02. The maximum atomic E-state index is 13.4. The number of anilines is 2. The summed E-state index contributed by atoms with van der Waals surface area (Å²) in [5, 5.41) is 8.95. The van der Waals surface area contributed by atoms with E-state index in [1.165, 1.54) is 0 Å². The number of aromatic amines is 1. The molecule has 2 N–H and O–H groups in total. The Morgan fingerprint density at radius 2 is 2.00 bits per heavy atom. The van der Waals surface area contributed by atoms with Gasteiger partial charge in [0.2, 0.25) is 0 Å². The van der Waals surface area contributed by atoms with Crippen molar-refractivity contribution in [2.24, 2.45) is 0 Å². The summed E-state index contributed by atoms with van der Waals surface area (Å²) in [4.78, 5) is 13.3. The molecule has 2 aliphatic rings. The van der Waals surface area contributed by atoms with Gasteiger partial charge in [-0.2, -0.15) is 18.3 Å². The first kappa shape index (κ1) is 17.8. The van der Waals surface area contributed by atoms with Crippen molar-refractivity contribution in [2.75, 3.05) is 23.4 Å². The predicted octanol–water partition coefficient (Wildman–Crippen LogP) is 2.90. The van der Waals surface area contributed by atoms with Gasteiger partial charge < -0.3 is 15.0 Å². The first-order valence-electron chi connectivity index (χ1n) is 8.78. The van der Waals surface area contributed by atoms with E-state index >= 15 is 0 Å². The standard InChI is InChI=1S/C18H19F3N4O2/c19-18(20,21)16-15(8-22-24-17(16)26)25-9-11-2-1-3-14(13(11)10-25)23-12-4-6-27-7-5-12/h1-3,8,12,23H,4-7,9-10H2,(H,24,26). The number of alkyl halides is 3. The molecule has 6 nitrogen and oxygen atoms in total. The number of rotatable bonds is 3. The Kier molecular flexibility index (Phi) is 4.55. The smallest absolute Gasteiger partial charge is 0.382 e. The first-order chi connectivity index (χ1) is 12.9. The van der Waals surface area contributed by atoms with Crippen LogP contribution in [0.5, 0.6) is 0 Å². The topological polar surface area (TPSA) is 70.2 Å². The summed E-state index contributed by atoms with van der Waals surface area (Å²) in [5.74, 6) is 0. The number of ether oxygens (including phenoxy) is 1. The van der Waals surface area contributed by atoms with Crippen molar-refractivity contribution in [3.8, 4) is 0 Å². The molecule has 27 heavy (non-hydrogen) atoms. The molecule has 3 heterocycles. The van der Waals surface area contributed by atoms with Crippen LogP contribution in [-0.2, 0) is 24.0 Å². The van der Waals surface area contributed by atoms with Gasteiger partial charge >= 0.3 is 6.18 Å². The van der Waals surface area contributed by atoms with Crippen LogP contribution in [0.4, 0.5) is 24.5 Å². The molecule has 0 bridgehead atoms. The van der Waals surface area contributed by atoms with Crippen molar-refractivity contribution in [1.82, 2.24) is 10.2 Å². The van der Waals surface area contributed by atoms with Gasteiger partial charge in [-0.3, -0.25) is 4.79 Å². The minimum atomic E-state index is -4.75. The van der Waals surface area contributed by atoms with Crippen LogP contribution < -0.4 is 15.8 Å². The maximum absolute atomic E-state index is 13.4. The molecule has 0 amide bonds. The van der Waals surface area contributed by atoms with Gasteiger partial charge in [0.05, 0.1) is 11.9 Å². The van der Waals surface area contributed by atoms with Crippen LogP contribution in [0.15, 0.2) is 29.2 Å². The Hall–Kier alpha value is -2.55. The van der Waals surface area contributed by atoms with Crippen LogP contribution in [0, 0.1) is 0 Å². The van der Waals surface area contributed by atoms with Crippen LogP contribution in [-0.4, -0.2) is 29.5 Å². The van der Waals surface area contributed by atoms with Gasteiger partial charge in [-0.15, -0.1) is 0 Å². The van der Waals surface area contributed by atoms with E-state index in [1.807, 2.05) is 23.3 Å². The van der Waals surface area contributed by atoms with Gasteiger partial charge in [0.15, 0.2) is 0 Å². The zero-order valence-corrected chi connectivity index (χ0v) is 14.5. The molecule has 0 radical (unpaired) electrons. The Morgan fingerprint density at radius 1 is 1.22 bits per heavy atom. The van der Waals surface area contributed by atoms with E-state index in [2.05, 4.69) is 10.4 Å². The number of hydrogen-bond donors (Lipinski definition) is 2. The van der Waals surface area contributed by atoms with Crippen LogP contribution in [0.3, 0.4) is 0 Å². The van der Waals surface area contributed by atoms with Crippen LogP contribution in [0.25, 0.3) is 0 Å². The molecular weight excluding hydrogens is 361 g/mol. The van der Waals surface area contributed by atoms with Crippen molar-refractivity contribution < 1.29 is 17.9 Å². The molecule has 2 aromatic rings. The lowest BCUT2D eigenvalue weighted by Crippen LogP contribution is -2.29. The van der Waals surface area contributed by atoms with Gasteiger partial charge in [0.25, 0.3) is 5.56 Å². The first-order valence-corrected chi connectivity index (χ1v) is 8.78. The fourth-order valence-corrected chi connectivity index (χ4v) is 3.69. The molecule has 1 aromatic heterocycles. The fraction of sp³-hybridized carbons (Fsp3) is 0.444. The summed E-state index contributed by atoms with van der Waals surface area (Å²) in [6.45, 7) is 1.99. The van der Waals surface area contributed by atoms with Gasteiger partial charge in [-0.25, -0.2) is 5.10 Å². The largest absolute Gasteiger partial charge is 0.423 e. The maximum Gasteiger partial charge on any atom is 0.423 e. The third kappa shape index (κ3) is 3.51. The van der Waals surface area contributed by atoms with E-state index in [9.17, 15) is 18.0 Å². The average Bonchev–Trinajstić information content (AvgIpc) is 3.06. The highest BCUT2D eigenvalue weighted by molar-refractivity contribution is 5.63. The second kappa shape index (κ2) is 6.88. The molecule has 2 aliphatic heterocycles. The molecule has 1 aromatic carbocycles. The lowest BCUT2D eigenvalue weighted by atomic mass is 10.0. The number of nitrogens with zero attached hydrogens (tertiary/aromatic N) is 2. The molecule has 144 valence electrons. The van der Waals surface area contributed by atoms with Crippen LogP contribution in [0.1, 0.15) is 29.5 Å². The third-order valence-electron chi connectivity index (χ3n) is 5.02. The number of H-pyrrole nitrogens is 1. The normalized spacial score (nSPS) is 17.8. The number of fused-ring (bicyclic) bond motifs is 1. The summed E-state index contributed by atoms with van der Waals surface area (Å²) in [5.41, 5.74) is 0.200. The Labute approximate surface area is 153 Å². The van der Waals surface area contributed by atoms with Gasteiger partial charge in [-0.05, 0) is 30.0 Å². The predicted molar refractivity (Wildman–Crippen MR) is 93.7 cm³/mol. The molecule has 1 saturated heterocycles. The highest BCUT2D eigenvalue weighted by Crippen LogP contribution is 2.38. The molecule has 0 atom stereocenters. The lowest BCUT2D eigenvalue weighted by Gasteiger charge is -2.25. The Morgan fingerprint density at radius 3 is 2.74 bits per heavy atom. The highest BCUT2D eigenvalue weighted by Gasteiger charge is 2.39. The number of halogens is 3. The minimum absolute atomic E-state index is 0.195. The lowest BCUT2D eigenvalue weighted by molar-refractivity contribution is -0.138. The summed E-state index contributed by atoms with van der Waals surface area (Å²) >= 11 is 0. The number of benzene rings is 1. The molecule has 0 unspecified atom stereocenters. The Bertz CT molecular complexity index is 891. The second-order valence-corrected chi connectivity index (χ2v) is 6.79. The summed E-state index contributed by atoms with van der Waals surface area (Å²) < 4.78 is 45.5. The number of aromatic nitrogens is 2. The van der Waals surface area contributed by atoms with E-state index < -0.39 is 17.3 Å². The number of nitrogens with one attached hydrogen (secondary N) is 2. The second-order valence-electron chi connectivity index (χ2n) is 6.79. The average molecular weight is 380 g/mol. The minimum Gasteiger partial charge on any atom is -0.382 e. The third-order valence-corrected chi connectivity index (χ3v) is 5.02. The quantitative estimate of drug-likeness (QED) is 0.857. The molecule has 1 fully saturated rings. The van der Waals surface area contributed by atoms with Crippen molar-refractivity contribution in [2.45, 2.75) is 38.1 Å². The zero-order valence-electron chi connectivity index (χ0n) is 14.5. The van der Waals surface area contributed by atoms with Gasteiger partial charge in [0, 0.05) is 38.0 Å². The SMILES string of the molecule is O=c1[nH]ncc(N2Cc3cccc(NC4CCOCC4)c3C2)c1C(F)(F)F. The van der Waals surface area contributed by atoms with Crippen molar-refractivity contribution in [3.63, 3.8) is 0 Å². The fourth-order valence-electron chi connectivity index (χ4n) is 3.69. The number of hydrogen-bond acceptors (Lipinski definition) is 5. The molecule has 0 saturated carbocycles. The van der Waals surface area contributed by atoms with E-state index in [0.29, 0.717) is 19.8 Å². The van der Waals surface area contributed by atoms with E-state index in [-0.39, 0.29) is 18.3 Å². The van der Waals surface area contributed by atoms with Crippen molar-refractivity contribution >= 4 is 11.4 Å². The van der Waals surface area contributed by atoms with Gasteiger partial charge in [-0.1, -0.05) is 12.1 Å².